The number of benzene rings is 2. The third kappa shape index (κ3) is 7.34. The molecule has 2 aromatic heterocycles. The van der Waals surface area contributed by atoms with Gasteiger partial charge in [0.15, 0.2) is 0 Å². The predicted octanol–water partition coefficient (Wildman–Crippen LogP) is 5.70. The Bertz CT molecular complexity index is 1390. The molecule has 37 heavy (non-hydrogen) atoms. The van der Waals surface area contributed by atoms with Crippen LogP contribution in [0.25, 0.3) is 11.1 Å². The van der Waals surface area contributed by atoms with E-state index in [1.165, 1.54) is 6.07 Å². The molecule has 0 atom stereocenters. The van der Waals surface area contributed by atoms with Crippen LogP contribution in [0.5, 0.6) is 5.75 Å². The SMILES string of the molecule is CC(C)(C)OCCOc1ccc(Cl)c(-c2ccnc(NC(=O)c3nnc(Cc4ccccc4F)[nH]3)c2)c1. The highest BCUT2D eigenvalue weighted by Gasteiger charge is 2.15. The number of carbonyl (C=O) groups is 1. The molecule has 2 N–H and O–H groups in total. The zero-order chi connectivity index (χ0) is 26.4. The molecule has 0 unspecified atom stereocenters. The van der Waals surface area contributed by atoms with Crippen LogP contribution in [0.1, 0.15) is 42.8 Å². The van der Waals surface area contributed by atoms with Crippen LogP contribution in [-0.4, -0.2) is 44.9 Å². The number of carbonyl (C=O) groups excluding carboxylic acids is 1. The quantitative estimate of drug-likeness (QED) is 0.273. The van der Waals surface area contributed by atoms with Gasteiger partial charge in [-0.1, -0.05) is 29.8 Å². The van der Waals surface area contributed by atoms with Crippen LogP contribution < -0.4 is 10.1 Å². The smallest absolute Gasteiger partial charge is 0.294 e. The standard InChI is InChI=1S/C27H27ClFN5O3/c1-27(2,3)37-13-12-36-19-8-9-21(28)20(16-19)17-10-11-30-23(14-17)32-26(35)25-31-24(33-34-25)15-18-6-4-5-7-22(18)29/h4-11,14,16H,12-13,15H2,1-3H3,(H,30,32,35)(H,31,33,34). The first-order valence-electron chi connectivity index (χ1n) is 11.7. The fourth-order valence-corrected chi connectivity index (χ4v) is 3.69. The van der Waals surface area contributed by atoms with E-state index in [4.69, 9.17) is 21.1 Å². The Hall–Kier alpha value is -3.82. The highest BCUT2D eigenvalue weighted by Crippen LogP contribution is 2.32. The lowest BCUT2D eigenvalue weighted by atomic mass is 10.1. The number of aromatic nitrogens is 4. The molecule has 8 nitrogen and oxygen atoms in total. The largest absolute Gasteiger partial charge is 0.491 e. The van der Waals surface area contributed by atoms with Crippen molar-refractivity contribution < 1.29 is 18.7 Å². The Balaban J connectivity index is 1.42. The first-order chi connectivity index (χ1) is 17.7. The summed E-state index contributed by atoms with van der Waals surface area (Å²) < 4.78 is 25.4. The summed E-state index contributed by atoms with van der Waals surface area (Å²) in [5.74, 6) is 0.424. The van der Waals surface area contributed by atoms with Gasteiger partial charge in [0, 0.05) is 23.2 Å². The lowest BCUT2D eigenvalue weighted by Gasteiger charge is -2.19. The van der Waals surface area contributed by atoms with Crippen molar-refractivity contribution in [2.24, 2.45) is 0 Å². The minimum absolute atomic E-state index is 0.00977. The Morgan fingerprint density at radius 3 is 2.68 bits per heavy atom. The molecule has 192 valence electrons. The van der Waals surface area contributed by atoms with E-state index >= 15 is 0 Å². The monoisotopic (exact) mass is 523 g/mol. The maximum Gasteiger partial charge on any atom is 0.294 e. The molecule has 0 radical (unpaired) electrons. The summed E-state index contributed by atoms with van der Waals surface area (Å²) in [5.41, 5.74) is 1.68. The van der Waals surface area contributed by atoms with Gasteiger partial charge in [0.2, 0.25) is 5.82 Å². The zero-order valence-electron chi connectivity index (χ0n) is 20.7. The molecular formula is C27H27ClFN5O3. The van der Waals surface area contributed by atoms with Crippen molar-refractivity contribution in [3.8, 4) is 16.9 Å². The minimum Gasteiger partial charge on any atom is -0.491 e. The predicted molar refractivity (Wildman–Crippen MR) is 139 cm³/mol. The molecule has 0 bridgehead atoms. The second-order valence-electron chi connectivity index (χ2n) is 9.22. The Morgan fingerprint density at radius 1 is 1.08 bits per heavy atom. The summed E-state index contributed by atoms with van der Waals surface area (Å²) in [7, 11) is 0. The van der Waals surface area contributed by atoms with Gasteiger partial charge in [-0.2, -0.15) is 0 Å². The van der Waals surface area contributed by atoms with Gasteiger partial charge in [0.1, 0.15) is 29.8 Å². The lowest BCUT2D eigenvalue weighted by Crippen LogP contribution is -2.22. The Morgan fingerprint density at radius 2 is 1.89 bits per heavy atom. The average molecular weight is 524 g/mol. The van der Waals surface area contributed by atoms with Gasteiger partial charge in [-0.05, 0) is 68.3 Å². The van der Waals surface area contributed by atoms with Crippen LogP contribution in [0.4, 0.5) is 10.2 Å². The summed E-state index contributed by atoms with van der Waals surface area (Å²) in [5, 5.41) is 11.1. The number of H-pyrrole nitrogens is 1. The molecule has 0 saturated carbocycles. The van der Waals surface area contributed by atoms with Crippen molar-refractivity contribution in [3.05, 3.63) is 88.8 Å². The van der Waals surface area contributed by atoms with E-state index < -0.39 is 5.91 Å². The number of aromatic amines is 1. The molecule has 4 rings (SSSR count). The molecule has 0 spiro atoms. The van der Waals surface area contributed by atoms with Gasteiger partial charge < -0.3 is 19.8 Å². The van der Waals surface area contributed by atoms with E-state index in [9.17, 15) is 9.18 Å². The molecule has 0 fully saturated rings. The number of halogens is 2. The number of ether oxygens (including phenoxy) is 2. The zero-order valence-corrected chi connectivity index (χ0v) is 21.5. The molecule has 0 aliphatic rings. The maximum atomic E-state index is 13.9. The van der Waals surface area contributed by atoms with Gasteiger partial charge in [0.05, 0.1) is 12.2 Å². The normalized spacial score (nSPS) is 11.4. The molecule has 2 heterocycles. The highest BCUT2D eigenvalue weighted by atomic mass is 35.5. The minimum atomic E-state index is -0.529. The van der Waals surface area contributed by atoms with Crippen molar-refractivity contribution in [2.75, 3.05) is 18.5 Å². The highest BCUT2D eigenvalue weighted by molar-refractivity contribution is 6.33. The molecule has 1 amide bonds. The number of nitrogens with one attached hydrogen (secondary N) is 2. The summed E-state index contributed by atoms with van der Waals surface area (Å²) in [6.07, 6.45) is 1.75. The fourth-order valence-electron chi connectivity index (χ4n) is 3.47. The molecule has 2 aromatic carbocycles. The van der Waals surface area contributed by atoms with E-state index in [0.29, 0.717) is 41.2 Å². The fraction of sp³-hybridized carbons (Fsp3) is 0.259. The average Bonchev–Trinajstić information content (AvgIpc) is 3.33. The third-order valence-corrected chi connectivity index (χ3v) is 5.53. The topological polar surface area (TPSA) is 102 Å². The second-order valence-corrected chi connectivity index (χ2v) is 9.63. The summed E-state index contributed by atoms with van der Waals surface area (Å²) in [4.78, 5) is 19.8. The van der Waals surface area contributed by atoms with E-state index in [1.807, 2.05) is 26.8 Å². The summed E-state index contributed by atoms with van der Waals surface area (Å²) in [6, 6.07) is 15.2. The number of pyridine rings is 1. The van der Waals surface area contributed by atoms with E-state index in [2.05, 4.69) is 25.5 Å². The Labute approximate surface area is 219 Å². The van der Waals surface area contributed by atoms with E-state index in [0.717, 1.165) is 11.1 Å². The van der Waals surface area contributed by atoms with Crippen molar-refractivity contribution in [1.82, 2.24) is 20.2 Å². The third-order valence-electron chi connectivity index (χ3n) is 5.20. The number of rotatable bonds is 9. The molecule has 0 aliphatic heterocycles. The van der Waals surface area contributed by atoms with Crippen LogP contribution in [0.2, 0.25) is 5.02 Å². The van der Waals surface area contributed by atoms with Crippen LogP contribution in [0.15, 0.2) is 60.8 Å². The Kier molecular flexibility index (Phi) is 8.15. The van der Waals surface area contributed by atoms with Gasteiger partial charge in [0.25, 0.3) is 5.91 Å². The number of nitrogens with zero attached hydrogens (tertiary/aromatic N) is 3. The number of amides is 1. The molecule has 10 heteroatoms. The second kappa shape index (κ2) is 11.5. The number of hydrogen-bond donors (Lipinski definition) is 2. The molecule has 4 aromatic rings. The van der Waals surface area contributed by atoms with Crippen molar-refractivity contribution in [3.63, 3.8) is 0 Å². The number of anilines is 1. The molecule has 0 aliphatic carbocycles. The number of hydrogen-bond acceptors (Lipinski definition) is 6. The van der Waals surface area contributed by atoms with Crippen molar-refractivity contribution in [2.45, 2.75) is 32.8 Å². The summed E-state index contributed by atoms with van der Waals surface area (Å²) >= 11 is 6.45. The van der Waals surface area contributed by atoms with E-state index in [-0.39, 0.29) is 23.7 Å². The van der Waals surface area contributed by atoms with Crippen LogP contribution >= 0.6 is 11.6 Å². The van der Waals surface area contributed by atoms with E-state index in [1.54, 1.807) is 48.7 Å². The van der Waals surface area contributed by atoms with Gasteiger partial charge in [-0.15, -0.1) is 10.2 Å². The molecular weight excluding hydrogens is 497 g/mol. The van der Waals surface area contributed by atoms with Gasteiger partial charge >= 0.3 is 0 Å². The molecule has 0 saturated heterocycles. The maximum absolute atomic E-state index is 13.9. The van der Waals surface area contributed by atoms with Gasteiger partial charge in [-0.3, -0.25) is 4.79 Å². The van der Waals surface area contributed by atoms with Crippen LogP contribution in [0.3, 0.4) is 0 Å². The van der Waals surface area contributed by atoms with Crippen LogP contribution in [0, 0.1) is 5.82 Å². The van der Waals surface area contributed by atoms with Crippen molar-refractivity contribution >= 4 is 23.3 Å². The first-order valence-corrected chi connectivity index (χ1v) is 12.0. The first kappa shape index (κ1) is 26.2. The van der Waals surface area contributed by atoms with Gasteiger partial charge in [-0.25, -0.2) is 9.37 Å². The van der Waals surface area contributed by atoms with Crippen LogP contribution in [-0.2, 0) is 11.2 Å². The summed E-state index contributed by atoms with van der Waals surface area (Å²) in [6.45, 7) is 6.81. The van der Waals surface area contributed by atoms with Crippen molar-refractivity contribution in [1.29, 1.82) is 0 Å². The lowest BCUT2D eigenvalue weighted by molar-refractivity contribution is -0.0162.